The van der Waals surface area contributed by atoms with Crippen molar-refractivity contribution < 1.29 is 0 Å². The number of rotatable bonds is 1. The SMILES string of the molecule is Cc1cc(-c2[nH]nc3c2C2CCC3(C)C2(C)C)ncn1. The number of aryl methyl sites for hydroxylation is 1. The average molecular weight is 268 g/mol. The van der Waals surface area contributed by atoms with Gasteiger partial charge in [-0.3, -0.25) is 5.10 Å². The molecule has 4 nitrogen and oxygen atoms in total. The number of hydrogen-bond acceptors (Lipinski definition) is 3. The average Bonchev–Trinajstić information content (AvgIpc) is 2.96. The molecule has 4 heteroatoms. The molecule has 0 aromatic carbocycles. The van der Waals surface area contributed by atoms with Gasteiger partial charge < -0.3 is 0 Å². The van der Waals surface area contributed by atoms with E-state index < -0.39 is 0 Å². The van der Waals surface area contributed by atoms with Gasteiger partial charge in [0.2, 0.25) is 0 Å². The van der Waals surface area contributed by atoms with Gasteiger partial charge in [-0.1, -0.05) is 20.8 Å². The predicted molar refractivity (Wildman–Crippen MR) is 77.5 cm³/mol. The van der Waals surface area contributed by atoms with Crippen LogP contribution in [0.3, 0.4) is 0 Å². The van der Waals surface area contributed by atoms with E-state index in [-0.39, 0.29) is 10.8 Å². The van der Waals surface area contributed by atoms with Crippen LogP contribution < -0.4 is 0 Å². The van der Waals surface area contributed by atoms with Crippen molar-refractivity contribution in [2.45, 2.75) is 51.9 Å². The summed E-state index contributed by atoms with van der Waals surface area (Å²) >= 11 is 0. The quantitative estimate of drug-likeness (QED) is 0.863. The number of fused-ring (bicyclic) bond motifs is 5. The molecule has 1 fully saturated rings. The Morgan fingerprint density at radius 1 is 1.25 bits per heavy atom. The number of H-pyrrole nitrogens is 1. The van der Waals surface area contributed by atoms with Crippen LogP contribution >= 0.6 is 0 Å². The molecule has 2 bridgehead atoms. The molecular weight excluding hydrogens is 248 g/mol. The van der Waals surface area contributed by atoms with Crippen LogP contribution in [0.25, 0.3) is 11.4 Å². The Labute approximate surface area is 119 Å². The lowest BCUT2D eigenvalue weighted by Crippen LogP contribution is -2.32. The Bertz CT molecular complexity index is 700. The van der Waals surface area contributed by atoms with E-state index in [2.05, 4.69) is 40.9 Å². The van der Waals surface area contributed by atoms with Gasteiger partial charge in [-0.05, 0) is 37.2 Å². The molecule has 20 heavy (non-hydrogen) atoms. The summed E-state index contributed by atoms with van der Waals surface area (Å²) < 4.78 is 0. The number of aromatic amines is 1. The molecule has 0 amide bonds. The maximum Gasteiger partial charge on any atom is 0.116 e. The van der Waals surface area contributed by atoms with Gasteiger partial charge >= 0.3 is 0 Å². The Hall–Kier alpha value is -1.71. The third kappa shape index (κ3) is 1.20. The minimum Gasteiger partial charge on any atom is -0.276 e. The van der Waals surface area contributed by atoms with Crippen molar-refractivity contribution in [3.8, 4) is 11.4 Å². The minimum atomic E-state index is 0.198. The molecule has 2 aliphatic rings. The maximum absolute atomic E-state index is 4.67. The molecular formula is C16H20N4. The normalized spacial score (nSPS) is 29.7. The standard InChI is InChI=1S/C16H20N4/c1-9-7-11(18-8-17-9)13-12-10-5-6-16(4,15(10,2)3)14(12)20-19-13/h7-8,10H,5-6H2,1-4H3,(H,19,20). The zero-order chi connectivity index (χ0) is 14.1. The molecule has 2 heterocycles. The first-order chi connectivity index (χ1) is 9.45. The Balaban J connectivity index is 1.94. The number of nitrogens with one attached hydrogen (secondary N) is 1. The largest absolute Gasteiger partial charge is 0.276 e. The molecule has 2 atom stereocenters. The van der Waals surface area contributed by atoms with Gasteiger partial charge in [0.05, 0.1) is 17.1 Å². The molecule has 0 saturated heterocycles. The first-order valence-electron chi connectivity index (χ1n) is 7.33. The second-order valence-electron chi connectivity index (χ2n) is 7.05. The summed E-state index contributed by atoms with van der Waals surface area (Å²) in [5.41, 5.74) is 6.23. The van der Waals surface area contributed by atoms with Crippen LogP contribution in [0.1, 0.15) is 56.5 Å². The Kier molecular flexibility index (Phi) is 2.10. The van der Waals surface area contributed by atoms with E-state index >= 15 is 0 Å². The first kappa shape index (κ1) is 12.1. The van der Waals surface area contributed by atoms with Gasteiger partial charge in [0.15, 0.2) is 0 Å². The van der Waals surface area contributed by atoms with E-state index in [4.69, 9.17) is 0 Å². The van der Waals surface area contributed by atoms with Gasteiger partial charge in [-0.2, -0.15) is 5.10 Å². The molecule has 0 radical (unpaired) electrons. The number of hydrogen-bond donors (Lipinski definition) is 1. The lowest BCUT2D eigenvalue weighted by atomic mass is 9.70. The highest BCUT2D eigenvalue weighted by Crippen LogP contribution is 2.68. The van der Waals surface area contributed by atoms with E-state index in [9.17, 15) is 0 Å². The highest BCUT2D eigenvalue weighted by atomic mass is 15.2. The summed E-state index contributed by atoms with van der Waals surface area (Å²) in [5, 5.41) is 7.91. The predicted octanol–water partition coefficient (Wildman–Crippen LogP) is 3.35. The van der Waals surface area contributed by atoms with Gasteiger partial charge in [0, 0.05) is 16.7 Å². The van der Waals surface area contributed by atoms with Crippen molar-refractivity contribution in [3.05, 3.63) is 29.3 Å². The number of aromatic nitrogens is 4. The van der Waals surface area contributed by atoms with E-state index in [1.165, 1.54) is 24.1 Å². The van der Waals surface area contributed by atoms with Crippen LogP contribution in [0.5, 0.6) is 0 Å². The van der Waals surface area contributed by atoms with E-state index in [1.807, 2.05) is 13.0 Å². The molecule has 0 aliphatic heterocycles. The van der Waals surface area contributed by atoms with Crippen LogP contribution in [0.2, 0.25) is 0 Å². The van der Waals surface area contributed by atoms with E-state index in [0.29, 0.717) is 5.92 Å². The Morgan fingerprint density at radius 2 is 2.05 bits per heavy atom. The van der Waals surface area contributed by atoms with Crippen molar-refractivity contribution in [2.24, 2.45) is 5.41 Å². The summed E-state index contributed by atoms with van der Waals surface area (Å²) in [6.07, 6.45) is 4.13. The fraction of sp³-hybridized carbons (Fsp3) is 0.562. The zero-order valence-corrected chi connectivity index (χ0v) is 12.5. The Morgan fingerprint density at radius 3 is 2.80 bits per heavy atom. The van der Waals surface area contributed by atoms with Gasteiger partial charge in [-0.15, -0.1) is 0 Å². The maximum atomic E-state index is 4.67. The summed E-state index contributed by atoms with van der Waals surface area (Å²) in [5.74, 6) is 0.589. The minimum absolute atomic E-state index is 0.198. The third-order valence-electron chi connectivity index (χ3n) is 5.96. The van der Waals surface area contributed by atoms with Crippen molar-refractivity contribution >= 4 is 0 Å². The molecule has 4 rings (SSSR count). The molecule has 104 valence electrons. The lowest BCUT2D eigenvalue weighted by Gasteiger charge is -2.34. The first-order valence-corrected chi connectivity index (χ1v) is 7.33. The lowest BCUT2D eigenvalue weighted by molar-refractivity contribution is 0.225. The fourth-order valence-electron chi connectivity index (χ4n) is 4.33. The molecule has 1 saturated carbocycles. The van der Waals surface area contributed by atoms with E-state index in [1.54, 1.807) is 6.33 Å². The van der Waals surface area contributed by atoms with E-state index in [0.717, 1.165) is 17.1 Å². The topological polar surface area (TPSA) is 54.5 Å². The second kappa shape index (κ2) is 3.48. The van der Waals surface area contributed by atoms with Crippen LogP contribution in [-0.2, 0) is 5.41 Å². The molecule has 2 aromatic heterocycles. The fourth-order valence-corrected chi connectivity index (χ4v) is 4.33. The van der Waals surface area contributed by atoms with Crippen LogP contribution in [0.15, 0.2) is 12.4 Å². The smallest absolute Gasteiger partial charge is 0.116 e. The summed E-state index contributed by atoms with van der Waals surface area (Å²) in [4.78, 5) is 8.62. The van der Waals surface area contributed by atoms with Crippen LogP contribution in [0.4, 0.5) is 0 Å². The second-order valence-corrected chi connectivity index (χ2v) is 7.05. The molecule has 1 N–H and O–H groups in total. The molecule has 2 aliphatic carbocycles. The van der Waals surface area contributed by atoms with Crippen molar-refractivity contribution in [1.29, 1.82) is 0 Å². The van der Waals surface area contributed by atoms with Crippen LogP contribution in [-0.4, -0.2) is 20.2 Å². The summed E-state index contributed by atoms with van der Waals surface area (Å²) in [6, 6.07) is 2.04. The van der Waals surface area contributed by atoms with Crippen molar-refractivity contribution in [1.82, 2.24) is 20.2 Å². The highest BCUT2D eigenvalue weighted by molar-refractivity contribution is 5.65. The van der Waals surface area contributed by atoms with Gasteiger partial charge in [-0.25, -0.2) is 9.97 Å². The van der Waals surface area contributed by atoms with Crippen LogP contribution in [0, 0.1) is 12.3 Å². The number of nitrogens with zero attached hydrogens (tertiary/aromatic N) is 3. The third-order valence-corrected chi connectivity index (χ3v) is 5.96. The summed E-state index contributed by atoms with van der Waals surface area (Å²) in [7, 11) is 0. The monoisotopic (exact) mass is 268 g/mol. The molecule has 2 aromatic rings. The highest BCUT2D eigenvalue weighted by Gasteiger charge is 2.61. The van der Waals surface area contributed by atoms with Crippen molar-refractivity contribution in [2.75, 3.05) is 0 Å². The van der Waals surface area contributed by atoms with Crippen molar-refractivity contribution in [3.63, 3.8) is 0 Å². The molecule has 2 unspecified atom stereocenters. The molecule has 0 spiro atoms. The summed E-state index contributed by atoms with van der Waals surface area (Å²) in [6.45, 7) is 9.15. The van der Waals surface area contributed by atoms with Gasteiger partial charge in [0.1, 0.15) is 6.33 Å². The zero-order valence-electron chi connectivity index (χ0n) is 12.5. The van der Waals surface area contributed by atoms with Gasteiger partial charge in [0.25, 0.3) is 0 Å².